The molecule has 0 atom stereocenters. The fourth-order valence-corrected chi connectivity index (χ4v) is 1.34. The normalized spacial score (nSPS) is 10.9. The highest BCUT2D eigenvalue weighted by Gasteiger charge is 2.02. The highest BCUT2D eigenvalue weighted by molar-refractivity contribution is 5.12. The van der Waals surface area contributed by atoms with Gasteiger partial charge < -0.3 is 9.80 Å². The molecule has 0 unspecified atom stereocenters. The number of likely N-dealkylation sites (N-methyl/N-ethyl adjacent to an activating group) is 2. The van der Waals surface area contributed by atoms with Gasteiger partial charge in [0.1, 0.15) is 0 Å². The maximum atomic E-state index is 3.91. The first-order valence-corrected chi connectivity index (χ1v) is 5.35. The molecular formula is C12H24N2. The van der Waals surface area contributed by atoms with Gasteiger partial charge >= 0.3 is 0 Å². The maximum absolute atomic E-state index is 3.91. The lowest BCUT2D eigenvalue weighted by Gasteiger charge is -2.23. The van der Waals surface area contributed by atoms with E-state index in [-0.39, 0.29) is 0 Å². The summed E-state index contributed by atoms with van der Waals surface area (Å²) in [6, 6.07) is 0. The Labute approximate surface area is 88.9 Å². The molecule has 0 fully saturated rings. The average Bonchev–Trinajstić information content (AvgIpc) is 2.19. The van der Waals surface area contributed by atoms with Crippen molar-refractivity contribution in [3.63, 3.8) is 0 Å². The molecular weight excluding hydrogens is 172 g/mol. The summed E-state index contributed by atoms with van der Waals surface area (Å²) in [5.41, 5.74) is 1.09. The average molecular weight is 196 g/mol. The SMILES string of the molecule is C=CC(=C)CN(C)CCN(CC)CC. The molecule has 0 aliphatic rings. The molecule has 0 heterocycles. The number of nitrogens with zero attached hydrogens (tertiary/aromatic N) is 2. The minimum Gasteiger partial charge on any atom is -0.303 e. The lowest BCUT2D eigenvalue weighted by molar-refractivity contribution is 0.250. The van der Waals surface area contributed by atoms with E-state index < -0.39 is 0 Å². The standard InChI is InChI=1S/C12H24N2/c1-6-12(4)11-13(5)9-10-14(7-2)8-3/h6H,1,4,7-11H2,2-3,5H3. The van der Waals surface area contributed by atoms with Gasteiger partial charge in [-0.15, -0.1) is 0 Å². The van der Waals surface area contributed by atoms with Crippen LogP contribution in [-0.2, 0) is 0 Å². The smallest absolute Gasteiger partial charge is 0.0225 e. The van der Waals surface area contributed by atoms with E-state index in [4.69, 9.17) is 0 Å². The zero-order chi connectivity index (χ0) is 11.0. The van der Waals surface area contributed by atoms with Gasteiger partial charge in [0.15, 0.2) is 0 Å². The molecule has 0 bridgehead atoms. The van der Waals surface area contributed by atoms with Gasteiger partial charge in [0.2, 0.25) is 0 Å². The van der Waals surface area contributed by atoms with Gasteiger partial charge in [0.05, 0.1) is 0 Å². The van der Waals surface area contributed by atoms with Crippen LogP contribution < -0.4 is 0 Å². The van der Waals surface area contributed by atoms with Crippen LogP contribution in [0.1, 0.15) is 13.8 Å². The minimum atomic E-state index is 0.921. The Morgan fingerprint density at radius 2 is 1.79 bits per heavy atom. The van der Waals surface area contributed by atoms with E-state index in [1.54, 1.807) is 0 Å². The molecule has 0 saturated heterocycles. The van der Waals surface area contributed by atoms with Crippen molar-refractivity contribution in [2.75, 3.05) is 39.8 Å². The lowest BCUT2D eigenvalue weighted by atomic mass is 10.3. The number of rotatable bonds is 8. The zero-order valence-corrected chi connectivity index (χ0v) is 9.92. The van der Waals surface area contributed by atoms with Gasteiger partial charge in [-0.1, -0.05) is 33.1 Å². The molecule has 0 aliphatic carbocycles. The summed E-state index contributed by atoms with van der Waals surface area (Å²) in [6.45, 7) is 17.4. The van der Waals surface area contributed by atoms with Gasteiger partial charge in [-0.2, -0.15) is 0 Å². The molecule has 0 aromatic carbocycles. The molecule has 14 heavy (non-hydrogen) atoms. The van der Waals surface area contributed by atoms with Crippen molar-refractivity contribution in [2.45, 2.75) is 13.8 Å². The molecule has 0 amide bonds. The molecule has 2 heteroatoms. The first kappa shape index (κ1) is 13.4. The van der Waals surface area contributed by atoms with Gasteiger partial charge in [-0.25, -0.2) is 0 Å². The molecule has 0 spiro atoms. The van der Waals surface area contributed by atoms with E-state index in [0.29, 0.717) is 0 Å². The summed E-state index contributed by atoms with van der Waals surface area (Å²) < 4.78 is 0. The van der Waals surface area contributed by atoms with Crippen molar-refractivity contribution in [2.24, 2.45) is 0 Å². The maximum Gasteiger partial charge on any atom is 0.0225 e. The summed E-state index contributed by atoms with van der Waals surface area (Å²) in [5.74, 6) is 0. The Balaban J connectivity index is 3.66. The summed E-state index contributed by atoms with van der Waals surface area (Å²) in [7, 11) is 2.12. The van der Waals surface area contributed by atoms with Crippen LogP contribution in [0, 0.1) is 0 Å². The topological polar surface area (TPSA) is 6.48 Å². The van der Waals surface area contributed by atoms with Crippen LogP contribution in [0.4, 0.5) is 0 Å². The first-order chi connectivity index (χ1) is 6.63. The van der Waals surface area contributed by atoms with Gasteiger partial charge in [-0.05, 0) is 25.7 Å². The van der Waals surface area contributed by atoms with Crippen LogP contribution in [-0.4, -0.2) is 49.6 Å². The second-order valence-electron chi connectivity index (χ2n) is 3.63. The Hall–Kier alpha value is -0.600. The summed E-state index contributed by atoms with van der Waals surface area (Å²) in [6.07, 6.45) is 1.83. The monoisotopic (exact) mass is 196 g/mol. The van der Waals surface area contributed by atoms with Crippen molar-refractivity contribution in [3.8, 4) is 0 Å². The van der Waals surface area contributed by atoms with E-state index in [0.717, 1.165) is 38.3 Å². The first-order valence-electron chi connectivity index (χ1n) is 5.35. The van der Waals surface area contributed by atoms with Crippen LogP contribution in [0.2, 0.25) is 0 Å². The highest BCUT2D eigenvalue weighted by atomic mass is 15.2. The highest BCUT2D eigenvalue weighted by Crippen LogP contribution is 1.96. The Morgan fingerprint density at radius 1 is 1.21 bits per heavy atom. The third-order valence-corrected chi connectivity index (χ3v) is 2.45. The van der Waals surface area contributed by atoms with E-state index in [1.807, 2.05) is 6.08 Å². The molecule has 0 aromatic rings. The van der Waals surface area contributed by atoms with E-state index in [1.165, 1.54) is 0 Å². The van der Waals surface area contributed by atoms with Gasteiger partial charge in [-0.3, -0.25) is 0 Å². The molecule has 0 saturated carbocycles. The van der Waals surface area contributed by atoms with E-state index >= 15 is 0 Å². The fraction of sp³-hybridized carbons (Fsp3) is 0.667. The second-order valence-corrected chi connectivity index (χ2v) is 3.63. The summed E-state index contributed by atoms with van der Waals surface area (Å²) in [4.78, 5) is 4.70. The van der Waals surface area contributed by atoms with Crippen LogP contribution in [0.15, 0.2) is 24.8 Å². The zero-order valence-electron chi connectivity index (χ0n) is 9.92. The minimum absolute atomic E-state index is 0.921. The van der Waals surface area contributed by atoms with Crippen LogP contribution in [0.25, 0.3) is 0 Å². The molecule has 0 N–H and O–H groups in total. The van der Waals surface area contributed by atoms with Crippen molar-refractivity contribution >= 4 is 0 Å². The fourth-order valence-electron chi connectivity index (χ4n) is 1.34. The number of hydrogen-bond donors (Lipinski definition) is 0. The lowest BCUT2D eigenvalue weighted by Crippen LogP contribution is -2.33. The molecule has 0 radical (unpaired) electrons. The summed E-state index contributed by atoms with van der Waals surface area (Å²) in [5, 5.41) is 0. The van der Waals surface area contributed by atoms with Gasteiger partial charge in [0.25, 0.3) is 0 Å². The molecule has 82 valence electrons. The van der Waals surface area contributed by atoms with Crippen LogP contribution in [0.3, 0.4) is 0 Å². The second kappa shape index (κ2) is 7.77. The van der Waals surface area contributed by atoms with Gasteiger partial charge in [0, 0.05) is 19.6 Å². The Morgan fingerprint density at radius 3 is 2.21 bits per heavy atom. The summed E-state index contributed by atoms with van der Waals surface area (Å²) >= 11 is 0. The molecule has 0 aliphatic heterocycles. The predicted octanol–water partition coefficient (Wildman–Crippen LogP) is 2.00. The van der Waals surface area contributed by atoms with Crippen LogP contribution in [0.5, 0.6) is 0 Å². The molecule has 0 rings (SSSR count). The van der Waals surface area contributed by atoms with E-state index in [2.05, 4.69) is 43.9 Å². The van der Waals surface area contributed by atoms with E-state index in [9.17, 15) is 0 Å². The third kappa shape index (κ3) is 5.95. The predicted molar refractivity (Wildman–Crippen MR) is 64.6 cm³/mol. The van der Waals surface area contributed by atoms with Crippen molar-refractivity contribution in [1.29, 1.82) is 0 Å². The Bertz CT molecular complexity index is 171. The quantitative estimate of drug-likeness (QED) is 0.548. The molecule has 2 nitrogen and oxygen atoms in total. The van der Waals surface area contributed by atoms with Crippen molar-refractivity contribution in [1.82, 2.24) is 9.80 Å². The van der Waals surface area contributed by atoms with Crippen molar-refractivity contribution < 1.29 is 0 Å². The third-order valence-electron chi connectivity index (χ3n) is 2.45. The largest absolute Gasteiger partial charge is 0.303 e. The molecule has 0 aromatic heterocycles. The van der Waals surface area contributed by atoms with Crippen molar-refractivity contribution in [3.05, 3.63) is 24.8 Å². The number of hydrogen-bond acceptors (Lipinski definition) is 2. The Kier molecular flexibility index (Phi) is 7.44. The van der Waals surface area contributed by atoms with Crippen LogP contribution >= 0.6 is 0 Å².